The summed E-state index contributed by atoms with van der Waals surface area (Å²) in [6.45, 7) is 0. The van der Waals surface area contributed by atoms with E-state index < -0.39 is 27.3 Å². The summed E-state index contributed by atoms with van der Waals surface area (Å²) in [5.41, 5.74) is 4.04. The molecule has 0 aliphatic heterocycles. The third kappa shape index (κ3) is 3.01. The van der Waals surface area contributed by atoms with Crippen LogP contribution in [-0.4, -0.2) is 15.5 Å². The summed E-state index contributed by atoms with van der Waals surface area (Å²) < 4.78 is 67.5. The Balaban J connectivity index is 2.49. The Labute approximate surface area is 125 Å². The quantitative estimate of drug-likeness (QED) is 0.877. The predicted molar refractivity (Wildman–Crippen MR) is 74.3 cm³/mol. The SMILES string of the molecule is COc1ccc(S(=O)(=O)c2ccc(C(F)(F)F)cc2N)cc1. The van der Waals surface area contributed by atoms with E-state index in [1.54, 1.807) is 0 Å². The molecule has 0 spiro atoms. The zero-order valence-electron chi connectivity index (χ0n) is 11.4. The van der Waals surface area contributed by atoms with Crippen LogP contribution in [0.15, 0.2) is 52.3 Å². The Morgan fingerprint density at radius 2 is 1.64 bits per heavy atom. The number of methoxy groups -OCH3 is 1. The normalized spacial score (nSPS) is 12.2. The van der Waals surface area contributed by atoms with Crippen LogP contribution in [0.3, 0.4) is 0 Å². The van der Waals surface area contributed by atoms with E-state index in [-0.39, 0.29) is 9.79 Å². The molecule has 2 aromatic rings. The summed E-state index contributed by atoms with van der Waals surface area (Å²) in [6, 6.07) is 7.62. The van der Waals surface area contributed by atoms with Crippen molar-refractivity contribution in [2.75, 3.05) is 12.8 Å². The van der Waals surface area contributed by atoms with Crippen molar-refractivity contribution in [2.45, 2.75) is 16.0 Å². The minimum atomic E-state index is -4.59. The van der Waals surface area contributed by atoms with Gasteiger partial charge in [0.15, 0.2) is 0 Å². The van der Waals surface area contributed by atoms with Crippen LogP contribution in [0.5, 0.6) is 5.75 Å². The molecule has 22 heavy (non-hydrogen) atoms. The standard InChI is InChI=1S/C14H12F3NO3S/c1-21-10-3-5-11(6-4-10)22(19,20)13-7-2-9(8-12(13)18)14(15,16)17/h2-8H,18H2,1H3. The lowest BCUT2D eigenvalue weighted by atomic mass is 10.2. The number of rotatable bonds is 3. The third-order valence-corrected chi connectivity index (χ3v) is 4.84. The molecule has 0 amide bonds. The molecule has 0 saturated carbocycles. The second-order valence-electron chi connectivity index (χ2n) is 4.43. The number of hydrogen-bond acceptors (Lipinski definition) is 4. The minimum absolute atomic E-state index is 0.0836. The van der Waals surface area contributed by atoms with Crippen molar-refractivity contribution >= 4 is 15.5 Å². The molecule has 2 rings (SSSR count). The molecule has 0 aliphatic rings. The molecule has 0 unspecified atom stereocenters. The predicted octanol–water partition coefficient (Wildman–Crippen LogP) is 3.13. The molecule has 0 atom stereocenters. The van der Waals surface area contributed by atoms with Crippen molar-refractivity contribution < 1.29 is 26.3 Å². The summed E-state index contributed by atoms with van der Waals surface area (Å²) in [4.78, 5) is -0.453. The maximum Gasteiger partial charge on any atom is 0.416 e. The highest BCUT2D eigenvalue weighted by atomic mass is 32.2. The molecule has 0 aliphatic carbocycles. The molecule has 4 nitrogen and oxygen atoms in total. The van der Waals surface area contributed by atoms with Gasteiger partial charge in [-0.05, 0) is 42.5 Å². The van der Waals surface area contributed by atoms with Gasteiger partial charge in [-0.15, -0.1) is 0 Å². The highest BCUT2D eigenvalue weighted by Gasteiger charge is 2.32. The highest BCUT2D eigenvalue weighted by Crippen LogP contribution is 2.34. The van der Waals surface area contributed by atoms with E-state index in [1.807, 2.05) is 0 Å². The second kappa shape index (κ2) is 5.53. The molecule has 8 heteroatoms. The van der Waals surface area contributed by atoms with E-state index in [0.717, 1.165) is 6.07 Å². The molecule has 2 N–H and O–H groups in total. The zero-order valence-corrected chi connectivity index (χ0v) is 12.2. The first kappa shape index (κ1) is 16.2. The fourth-order valence-electron chi connectivity index (χ4n) is 1.85. The van der Waals surface area contributed by atoms with Crippen LogP contribution < -0.4 is 10.5 Å². The number of sulfone groups is 1. The minimum Gasteiger partial charge on any atom is -0.497 e. The van der Waals surface area contributed by atoms with Crippen LogP contribution in [0, 0.1) is 0 Å². The van der Waals surface area contributed by atoms with Crippen molar-refractivity contribution in [3.05, 3.63) is 48.0 Å². The lowest BCUT2D eigenvalue weighted by Gasteiger charge is -2.11. The first-order chi connectivity index (χ1) is 10.2. The van der Waals surface area contributed by atoms with Gasteiger partial charge in [0.1, 0.15) is 5.75 Å². The van der Waals surface area contributed by atoms with Crippen molar-refractivity contribution in [2.24, 2.45) is 0 Å². The van der Waals surface area contributed by atoms with Gasteiger partial charge in [-0.1, -0.05) is 0 Å². The van der Waals surface area contributed by atoms with Crippen molar-refractivity contribution in [1.82, 2.24) is 0 Å². The summed E-state index contributed by atoms with van der Waals surface area (Å²) >= 11 is 0. The van der Waals surface area contributed by atoms with Crippen LogP contribution in [-0.2, 0) is 16.0 Å². The Morgan fingerprint density at radius 3 is 2.09 bits per heavy atom. The molecule has 0 heterocycles. The zero-order chi connectivity index (χ0) is 16.5. The number of nitrogens with two attached hydrogens (primary N) is 1. The van der Waals surface area contributed by atoms with Gasteiger partial charge in [0.05, 0.1) is 28.2 Å². The van der Waals surface area contributed by atoms with E-state index in [2.05, 4.69) is 0 Å². The Morgan fingerprint density at radius 1 is 1.05 bits per heavy atom. The number of hydrogen-bond donors (Lipinski definition) is 1. The number of benzene rings is 2. The third-order valence-electron chi connectivity index (χ3n) is 3.00. The second-order valence-corrected chi connectivity index (χ2v) is 6.35. The van der Waals surface area contributed by atoms with Gasteiger partial charge < -0.3 is 10.5 Å². The maximum atomic E-state index is 12.6. The van der Waals surface area contributed by atoms with Gasteiger partial charge in [-0.3, -0.25) is 0 Å². The number of halogens is 3. The first-order valence-corrected chi connectivity index (χ1v) is 7.50. The highest BCUT2D eigenvalue weighted by molar-refractivity contribution is 7.91. The fourth-order valence-corrected chi connectivity index (χ4v) is 3.22. The van der Waals surface area contributed by atoms with E-state index in [0.29, 0.717) is 17.9 Å². The average Bonchev–Trinajstić information content (AvgIpc) is 2.46. The summed E-state index contributed by atoms with van der Waals surface area (Å²) in [5.74, 6) is 0.458. The van der Waals surface area contributed by atoms with E-state index in [4.69, 9.17) is 10.5 Å². The van der Waals surface area contributed by atoms with Crippen LogP contribution >= 0.6 is 0 Å². The maximum absolute atomic E-state index is 12.6. The molecule has 0 radical (unpaired) electrons. The summed E-state index contributed by atoms with van der Waals surface area (Å²) in [6.07, 6.45) is -4.59. The largest absolute Gasteiger partial charge is 0.497 e. The summed E-state index contributed by atoms with van der Waals surface area (Å²) in [5, 5.41) is 0. The molecular formula is C14H12F3NO3S. The van der Waals surface area contributed by atoms with Gasteiger partial charge in [-0.2, -0.15) is 13.2 Å². The molecular weight excluding hydrogens is 319 g/mol. The van der Waals surface area contributed by atoms with E-state index in [1.165, 1.54) is 31.4 Å². The Hall–Kier alpha value is -2.22. The fraction of sp³-hybridized carbons (Fsp3) is 0.143. The van der Waals surface area contributed by atoms with Crippen molar-refractivity contribution in [1.29, 1.82) is 0 Å². The Kier molecular flexibility index (Phi) is 4.06. The number of anilines is 1. The van der Waals surface area contributed by atoms with Gasteiger partial charge in [0.25, 0.3) is 0 Å². The van der Waals surface area contributed by atoms with Gasteiger partial charge in [0.2, 0.25) is 9.84 Å². The molecule has 118 valence electrons. The van der Waals surface area contributed by atoms with Crippen LogP contribution in [0.4, 0.5) is 18.9 Å². The van der Waals surface area contributed by atoms with Crippen molar-refractivity contribution in [3.63, 3.8) is 0 Å². The van der Waals surface area contributed by atoms with Crippen molar-refractivity contribution in [3.8, 4) is 5.75 Å². The van der Waals surface area contributed by atoms with Crippen LogP contribution in [0.2, 0.25) is 0 Å². The smallest absolute Gasteiger partial charge is 0.416 e. The lowest BCUT2D eigenvalue weighted by Crippen LogP contribution is -2.10. The van der Waals surface area contributed by atoms with E-state index in [9.17, 15) is 21.6 Å². The summed E-state index contributed by atoms with van der Waals surface area (Å²) in [7, 11) is -2.58. The molecule has 0 bridgehead atoms. The number of ether oxygens (including phenoxy) is 1. The Bertz CT molecular complexity index is 784. The molecule has 0 fully saturated rings. The monoisotopic (exact) mass is 331 g/mol. The van der Waals surface area contributed by atoms with E-state index >= 15 is 0 Å². The van der Waals surface area contributed by atoms with Gasteiger partial charge in [-0.25, -0.2) is 8.42 Å². The van der Waals surface area contributed by atoms with Crippen LogP contribution in [0.1, 0.15) is 5.56 Å². The topological polar surface area (TPSA) is 69.4 Å². The number of alkyl halides is 3. The van der Waals surface area contributed by atoms with Gasteiger partial charge >= 0.3 is 6.18 Å². The molecule has 2 aromatic carbocycles. The first-order valence-electron chi connectivity index (χ1n) is 6.02. The molecule has 0 aromatic heterocycles. The average molecular weight is 331 g/mol. The lowest BCUT2D eigenvalue weighted by molar-refractivity contribution is -0.137. The van der Waals surface area contributed by atoms with Crippen LogP contribution in [0.25, 0.3) is 0 Å². The van der Waals surface area contributed by atoms with Gasteiger partial charge in [0, 0.05) is 0 Å². The number of nitrogen functional groups attached to an aromatic ring is 1. The molecule has 0 saturated heterocycles.